The number of ether oxygens (including phenoxy) is 1. The molecule has 1 aromatic carbocycles. The molecule has 0 aromatic heterocycles. The predicted octanol–water partition coefficient (Wildman–Crippen LogP) is 1.61. The maximum absolute atomic E-state index is 12.6. The van der Waals surface area contributed by atoms with E-state index in [0.29, 0.717) is 12.8 Å². The maximum Gasteiger partial charge on any atom is 0.408 e. The van der Waals surface area contributed by atoms with Crippen LogP contribution in [0.1, 0.15) is 46.1 Å². The highest BCUT2D eigenvalue weighted by Crippen LogP contribution is 2.10. The summed E-state index contributed by atoms with van der Waals surface area (Å²) in [6.45, 7) is 7.44. The smallest absolute Gasteiger partial charge is 0.408 e. The predicted molar refractivity (Wildman–Crippen MR) is 99.4 cm³/mol. The molecule has 150 valence electrons. The van der Waals surface area contributed by atoms with Gasteiger partial charge in [0.1, 0.15) is 12.6 Å². The molecule has 0 saturated heterocycles. The first-order chi connectivity index (χ1) is 12.7. The first-order valence-corrected chi connectivity index (χ1v) is 9.23. The second-order valence-electron chi connectivity index (χ2n) is 7.08. The van der Waals surface area contributed by atoms with Gasteiger partial charge in [0, 0.05) is 0 Å². The van der Waals surface area contributed by atoms with Gasteiger partial charge in [-0.3, -0.25) is 4.79 Å². The Balaban J connectivity index is 2.71. The largest absolute Gasteiger partial charge is 0.548 e. The van der Waals surface area contributed by atoms with E-state index in [4.69, 9.17) is 4.74 Å². The number of hydrogen-bond donors (Lipinski definition) is 2. The van der Waals surface area contributed by atoms with Gasteiger partial charge >= 0.3 is 6.09 Å². The molecule has 0 aliphatic rings. The zero-order valence-corrected chi connectivity index (χ0v) is 16.4. The molecular weight excluding hydrogens is 348 g/mol. The highest BCUT2D eigenvalue weighted by Gasteiger charge is 2.27. The molecule has 7 heteroatoms. The minimum atomic E-state index is -1.34. The van der Waals surface area contributed by atoms with Crippen LogP contribution < -0.4 is 15.7 Å². The third-order valence-corrected chi connectivity index (χ3v) is 4.29. The van der Waals surface area contributed by atoms with Gasteiger partial charge < -0.3 is 25.3 Å². The second-order valence-corrected chi connectivity index (χ2v) is 7.08. The van der Waals surface area contributed by atoms with Crippen molar-refractivity contribution in [2.75, 3.05) is 0 Å². The Labute approximate surface area is 160 Å². The molecule has 1 rings (SSSR count). The van der Waals surface area contributed by atoms with Crippen LogP contribution in [-0.4, -0.2) is 30.1 Å². The molecular formula is C20H29N2O5-. The summed E-state index contributed by atoms with van der Waals surface area (Å²) < 4.78 is 5.15. The number of nitrogens with one attached hydrogen (secondary N) is 2. The first-order valence-electron chi connectivity index (χ1n) is 9.23. The third-order valence-electron chi connectivity index (χ3n) is 4.29. The van der Waals surface area contributed by atoms with Crippen LogP contribution >= 0.6 is 0 Å². The second kappa shape index (κ2) is 11.2. The Morgan fingerprint density at radius 2 is 1.70 bits per heavy atom. The molecule has 0 radical (unpaired) electrons. The molecule has 0 aliphatic carbocycles. The topological polar surface area (TPSA) is 108 Å². The number of alkyl carbamates (subject to hydrolysis) is 1. The van der Waals surface area contributed by atoms with Crippen LogP contribution in [-0.2, 0) is 20.9 Å². The maximum atomic E-state index is 12.6. The lowest BCUT2D eigenvalue weighted by molar-refractivity contribution is -0.309. The van der Waals surface area contributed by atoms with Crippen molar-refractivity contribution in [3.8, 4) is 0 Å². The molecule has 0 bridgehead atoms. The molecule has 0 saturated carbocycles. The normalized spacial score (nSPS) is 14.1. The van der Waals surface area contributed by atoms with E-state index in [2.05, 4.69) is 10.6 Å². The third kappa shape index (κ3) is 8.11. The zero-order valence-electron chi connectivity index (χ0n) is 16.4. The SMILES string of the molecule is CC[C@H](C)[C@H](NC(=O)[C@H](CC(C)C)NC(=O)OCc1ccccc1)C(=O)[O-]. The lowest BCUT2D eigenvalue weighted by Gasteiger charge is -2.28. The standard InChI is InChI=1S/C20H30N2O5/c1-5-14(4)17(19(24)25)22-18(23)16(11-13(2)3)21-20(26)27-12-15-9-7-6-8-10-15/h6-10,13-14,16-17H,5,11-12H2,1-4H3,(H,21,26)(H,22,23)(H,24,25)/p-1/t14-,16-,17-/m0/s1. The lowest BCUT2D eigenvalue weighted by Crippen LogP contribution is -2.56. The highest BCUT2D eigenvalue weighted by atomic mass is 16.5. The molecule has 1 aromatic rings. The van der Waals surface area contributed by atoms with Crippen LogP contribution in [0.25, 0.3) is 0 Å². The summed E-state index contributed by atoms with van der Waals surface area (Å²) in [7, 11) is 0. The number of carbonyl (C=O) groups is 3. The minimum absolute atomic E-state index is 0.0806. The van der Waals surface area contributed by atoms with Crippen molar-refractivity contribution in [1.82, 2.24) is 10.6 Å². The van der Waals surface area contributed by atoms with Crippen molar-refractivity contribution in [2.45, 2.75) is 59.2 Å². The van der Waals surface area contributed by atoms with Gasteiger partial charge in [-0.2, -0.15) is 0 Å². The Morgan fingerprint density at radius 1 is 1.07 bits per heavy atom. The van der Waals surface area contributed by atoms with Crippen LogP contribution in [0, 0.1) is 11.8 Å². The van der Waals surface area contributed by atoms with Crippen LogP contribution in [0.3, 0.4) is 0 Å². The molecule has 0 aliphatic heterocycles. The van der Waals surface area contributed by atoms with Crippen molar-refractivity contribution >= 4 is 18.0 Å². The van der Waals surface area contributed by atoms with Crippen LogP contribution in [0.2, 0.25) is 0 Å². The van der Waals surface area contributed by atoms with E-state index < -0.39 is 30.1 Å². The van der Waals surface area contributed by atoms with E-state index in [1.54, 1.807) is 6.92 Å². The molecule has 0 fully saturated rings. The fourth-order valence-electron chi connectivity index (χ4n) is 2.53. The number of amides is 2. The van der Waals surface area contributed by atoms with Gasteiger partial charge in [0.05, 0.1) is 12.0 Å². The molecule has 0 unspecified atom stereocenters. The quantitative estimate of drug-likeness (QED) is 0.644. The van der Waals surface area contributed by atoms with Gasteiger partial charge in [0.2, 0.25) is 5.91 Å². The van der Waals surface area contributed by atoms with Gasteiger partial charge in [-0.1, -0.05) is 64.4 Å². The fraction of sp³-hybridized carbons (Fsp3) is 0.550. The van der Waals surface area contributed by atoms with Crippen molar-refractivity contribution in [3.63, 3.8) is 0 Å². The molecule has 0 spiro atoms. The summed E-state index contributed by atoms with van der Waals surface area (Å²) in [5.74, 6) is -2.08. The molecule has 27 heavy (non-hydrogen) atoms. The summed E-state index contributed by atoms with van der Waals surface area (Å²) in [4.78, 5) is 36.0. The van der Waals surface area contributed by atoms with Gasteiger partial charge in [0.25, 0.3) is 0 Å². The number of rotatable bonds is 10. The summed E-state index contributed by atoms with van der Waals surface area (Å²) in [6.07, 6.45) is 0.195. The zero-order chi connectivity index (χ0) is 20.4. The first kappa shape index (κ1) is 22.5. The summed E-state index contributed by atoms with van der Waals surface area (Å²) in [5.41, 5.74) is 0.825. The van der Waals surface area contributed by atoms with E-state index >= 15 is 0 Å². The summed E-state index contributed by atoms with van der Waals surface area (Å²) in [6, 6.07) is 7.17. The van der Waals surface area contributed by atoms with Gasteiger partial charge in [-0.05, 0) is 23.8 Å². The van der Waals surface area contributed by atoms with Crippen molar-refractivity contribution in [3.05, 3.63) is 35.9 Å². The molecule has 7 nitrogen and oxygen atoms in total. The lowest BCUT2D eigenvalue weighted by atomic mass is 9.97. The fourth-order valence-corrected chi connectivity index (χ4v) is 2.53. The van der Waals surface area contributed by atoms with E-state index in [-0.39, 0.29) is 18.4 Å². The Morgan fingerprint density at radius 3 is 2.22 bits per heavy atom. The number of carbonyl (C=O) groups excluding carboxylic acids is 3. The van der Waals surface area contributed by atoms with E-state index in [9.17, 15) is 19.5 Å². The molecule has 0 heterocycles. The number of benzene rings is 1. The average Bonchev–Trinajstić information content (AvgIpc) is 2.63. The highest BCUT2D eigenvalue weighted by molar-refractivity contribution is 5.88. The Bertz CT molecular complexity index is 618. The van der Waals surface area contributed by atoms with Crippen molar-refractivity contribution < 1.29 is 24.2 Å². The van der Waals surface area contributed by atoms with Gasteiger partial charge in [-0.25, -0.2) is 4.79 Å². The number of carboxylic acids is 1. The molecule has 3 atom stereocenters. The van der Waals surface area contributed by atoms with Crippen LogP contribution in [0.4, 0.5) is 4.79 Å². The van der Waals surface area contributed by atoms with Crippen molar-refractivity contribution in [1.29, 1.82) is 0 Å². The van der Waals surface area contributed by atoms with Crippen LogP contribution in [0.5, 0.6) is 0 Å². The minimum Gasteiger partial charge on any atom is -0.548 e. The van der Waals surface area contributed by atoms with Gasteiger partial charge in [0.15, 0.2) is 0 Å². The number of hydrogen-bond acceptors (Lipinski definition) is 5. The summed E-state index contributed by atoms with van der Waals surface area (Å²) in [5, 5.41) is 16.3. The monoisotopic (exact) mass is 377 g/mol. The van der Waals surface area contributed by atoms with Gasteiger partial charge in [-0.15, -0.1) is 0 Å². The van der Waals surface area contributed by atoms with Crippen molar-refractivity contribution in [2.24, 2.45) is 11.8 Å². The molecule has 2 amide bonds. The Hall–Kier alpha value is -2.57. The number of carboxylic acid groups (broad SMARTS) is 1. The average molecular weight is 377 g/mol. The summed E-state index contributed by atoms with van der Waals surface area (Å²) >= 11 is 0. The molecule has 2 N–H and O–H groups in total. The van der Waals surface area contributed by atoms with E-state index in [1.165, 1.54) is 0 Å². The van der Waals surface area contributed by atoms with Crippen LogP contribution in [0.15, 0.2) is 30.3 Å². The number of aliphatic carboxylic acids is 1. The Kier molecular flexibility index (Phi) is 9.33. The van der Waals surface area contributed by atoms with E-state index in [1.807, 2.05) is 51.1 Å². The van der Waals surface area contributed by atoms with E-state index in [0.717, 1.165) is 5.56 Å².